The Labute approximate surface area is 127 Å². The number of hydrogen-bond acceptors (Lipinski definition) is 2. The van der Waals surface area contributed by atoms with Gasteiger partial charge in [-0.05, 0) is 42.1 Å². The molecule has 21 heavy (non-hydrogen) atoms. The number of imidazole rings is 1. The van der Waals surface area contributed by atoms with Crippen LogP contribution in [0, 0.1) is 0 Å². The summed E-state index contributed by atoms with van der Waals surface area (Å²) in [4.78, 5) is 9.18. The highest BCUT2D eigenvalue weighted by Crippen LogP contribution is 2.23. The molecule has 0 spiro atoms. The third-order valence-electron chi connectivity index (χ3n) is 3.77. The topological polar surface area (TPSA) is 30.2 Å². The van der Waals surface area contributed by atoms with Crippen LogP contribution in [0.5, 0.6) is 0 Å². The van der Waals surface area contributed by atoms with Crippen molar-refractivity contribution < 1.29 is 0 Å². The zero-order valence-electron chi connectivity index (χ0n) is 11.5. The van der Waals surface area contributed by atoms with Gasteiger partial charge in [-0.3, -0.25) is 4.40 Å². The van der Waals surface area contributed by atoms with E-state index in [0.29, 0.717) is 5.28 Å². The highest BCUT2D eigenvalue weighted by molar-refractivity contribution is 6.29. The van der Waals surface area contributed by atoms with Crippen molar-refractivity contribution >= 4 is 28.2 Å². The fourth-order valence-corrected chi connectivity index (χ4v) is 2.99. The second-order valence-corrected chi connectivity index (χ2v) is 5.60. The normalized spacial score (nSPS) is 14.8. The number of allylic oxidation sites excluding steroid dienone is 4. The molecule has 0 aliphatic heterocycles. The summed E-state index contributed by atoms with van der Waals surface area (Å²) in [6.45, 7) is 0. The minimum absolute atomic E-state index is 0.454. The summed E-state index contributed by atoms with van der Waals surface area (Å²) in [5, 5.41) is 1.48. The molecule has 104 valence electrons. The van der Waals surface area contributed by atoms with Gasteiger partial charge in [0.15, 0.2) is 0 Å². The zero-order chi connectivity index (χ0) is 14.2. The second-order valence-electron chi connectivity index (χ2n) is 5.26. The number of rotatable bonds is 2. The molecule has 0 saturated heterocycles. The van der Waals surface area contributed by atoms with Crippen LogP contribution in [0.2, 0.25) is 5.28 Å². The predicted octanol–water partition coefficient (Wildman–Crippen LogP) is 4.35. The lowest BCUT2D eigenvalue weighted by molar-refractivity contribution is 0.984. The smallest absolute Gasteiger partial charge is 0.209 e. The van der Waals surface area contributed by atoms with Crippen LogP contribution in [-0.2, 0) is 6.42 Å². The van der Waals surface area contributed by atoms with Crippen LogP contribution in [0.4, 0.5) is 0 Å². The molecule has 0 radical (unpaired) electrons. The molecule has 1 aliphatic carbocycles. The number of fused-ring (bicyclic) bond motifs is 3. The number of para-hydroxylation sites is 1. The summed E-state index contributed by atoms with van der Waals surface area (Å²) in [7, 11) is 0. The second kappa shape index (κ2) is 5.01. The average Bonchev–Trinajstić information content (AvgIpc) is 2.93. The van der Waals surface area contributed by atoms with E-state index in [1.807, 2.05) is 34.9 Å². The Morgan fingerprint density at radius 2 is 2.05 bits per heavy atom. The molecule has 0 bridgehead atoms. The van der Waals surface area contributed by atoms with Gasteiger partial charge in [-0.1, -0.05) is 30.4 Å². The molecule has 1 aliphatic rings. The van der Waals surface area contributed by atoms with Crippen LogP contribution in [0.25, 0.3) is 16.6 Å². The maximum atomic E-state index is 6.28. The van der Waals surface area contributed by atoms with E-state index in [1.165, 1.54) is 5.57 Å². The number of halogens is 1. The first-order valence-electron chi connectivity index (χ1n) is 7.09. The summed E-state index contributed by atoms with van der Waals surface area (Å²) in [5.41, 5.74) is 4.09. The predicted molar refractivity (Wildman–Crippen MR) is 85.7 cm³/mol. The molecule has 0 unspecified atom stereocenters. The molecule has 4 rings (SSSR count). The number of aromatic nitrogens is 3. The largest absolute Gasteiger partial charge is 0.274 e. The molecular weight excluding hydrogens is 282 g/mol. The Morgan fingerprint density at radius 1 is 1.14 bits per heavy atom. The molecule has 4 heteroatoms. The number of benzene rings is 1. The Kier molecular flexibility index (Phi) is 3.00. The maximum absolute atomic E-state index is 6.28. The van der Waals surface area contributed by atoms with Crippen LogP contribution < -0.4 is 0 Å². The van der Waals surface area contributed by atoms with Crippen LogP contribution in [0.15, 0.2) is 54.3 Å². The van der Waals surface area contributed by atoms with E-state index < -0.39 is 0 Å². The Bertz CT molecular complexity index is 890. The van der Waals surface area contributed by atoms with Gasteiger partial charge in [-0.2, -0.15) is 0 Å². The minimum Gasteiger partial charge on any atom is -0.274 e. The first-order valence-corrected chi connectivity index (χ1v) is 7.47. The quantitative estimate of drug-likeness (QED) is 0.658. The van der Waals surface area contributed by atoms with E-state index >= 15 is 0 Å². The van der Waals surface area contributed by atoms with Gasteiger partial charge >= 0.3 is 0 Å². The van der Waals surface area contributed by atoms with E-state index in [0.717, 1.165) is 41.5 Å². The molecule has 3 aromatic rings. The fourth-order valence-electron chi connectivity index (χ4n) is 2.77. The lowest BCUT2D eigenvalue weighted by Crippen LogP contribution is -1.91. The number of hydrogen-bond donors (Lipinski definition) is 0. The molecule has 0 N–H and O–H groups in total. The molecule has 2 heterocycles. The van der Waals surface area contributed by atoms with Gasteiger partial charge in [0, 0.05) is 18.0 Å². The van der Waals surface area contributed by atoms with Gasteiger partial charge in [0.25, 0.3) is 0 Å². The number of nitrogens with zero attached hydrogens (tertiary/aromatic N) is 3. The van der Waals surface area contributed by atoms with E-state index in [4.69, 9.17) is 16.6 Å². The van der Waals surface area contributed by atoms with Crippen molar-refractivity contribution in [3.05, 3.63) is 65.2 Å². The summed E-state index contributed by atoms with van der Waals surface area (Å²) in [5.74, 6) is 0. The highest BCUT2D eigenvalue weighted by Gasteiger charge is 2.11. The minimum atomic E-state index is 0.454. The van der Waals surface area contributed by atoms with Crippen molar-refractivity contribution in [3.63, 3.8) is 0 Å². The third kappa shape index (κ3) is 2.24. The van der Waals surface area contributed by atoms with Crippen LogP contribution >= 0.6 is 11.6 Å². The SMILES string of the molecule is Clc1nc2ccccc2c2nc(CC3=CCCC=C3)cn12. The van der Waals surface area contributed by atoms with E-state index in [1.54, 1.807) is 0 Å². The maximum Gasteiger partial charge on any atom is 0.209 e. The zero-order valence-corrected chi connectivity index (χ0v) is 12.2. The summed E-state index contributed by atoms with van der Waals surface area (Å²) in [6.07, 6.45) is 11.8. The van der Waals surface area contributed by atoms with Crippen molar-refractivity contribution in [2.75, 3.05) is 0 Å². The Morgan fingerprint density at radius 3 is 2.90 bits per heavy atom. The first-order chi connectivity index (χ1) is 10.3. The van der Waals surface area contributed by atoms with E-state index in [2.05, 4.69) is 23.2 Å². The first kappa shape index (κ1) is 12.6. The van der Waals surface area contributed by atoms with Crippen molar-refractivity contribution in [2.45, 2.75) is 19.3 Å². The lowest BCUT2D eigenvalue weighted by atomic mass is 10.0. The van der Waals surface area contributed by atoms with Gasteiger partial charge in [-0.15, -0.1) is 0 Å². The van der Waals surface area contributed by atoms with Crippen molar-refractivity contribution in [2.24, 2.45) is 0 Å². The molecular formula is C17H14ClN3. The standard InChI is InChI=1S/C17H14ClN3/c18-17-20-15-9-5-4-8-14(15)16-19-13(11-21(16)17)10-12-6-2-1-3-7-12/h2,4-9,11H,1,3,10H2. The van der Waals surface area contributed by atoms with Gasteiger partial charge < -0.3 is 0 Å². The Hall–Kier alpha value is -2.13. The molecule has 0 atom stereocenters. The summed E-state index contributed by atoms with van der Waals surface area (Å²) >= 11 is 6.28. The van der Waals surface area contributed by atoms with Gasteiger partial charge in [0.2, 0.25) is 5.28 Å². The fraction of sp³-hybridized carbons (Fsp3) is 0.176. The average molecular weight is 296 g/mol. The Balaban J connectivity index is 1.85. The molecule has 2 aromatic heterocycles. The third-order valence-corrected chi connectivity index (χ3v) is 4.04. The van der Waals surface area contributed by atoms with Crippen LogP contribution in [0.1, 0.15) is 18.5 Å². The molecule has 0 amide bonds. The molecule has 0 saturated carbocycles. The molecule has 0 fully saturated rings. The lowest BCUT2D eigenvalue weighted by Gasteiger charge is -2.03. The van der Waals surface area contributed by atoms with Gasteiger partial charge in [-0.25, -0.2) is 9.97 Å². The van der Waals surface area contributed by atoms with Crippen LogP contribution in [-0.4, -0.2) is 14.4 Å². The van der Waals surface area contributed by atoms with Crippen LogP contribution in [0.3, 0.4) is 0 Å². The van der Waals surface area contributed by atoms with Crippen molar-refractivity contribution in [1.82, 2.24) is 14.4 Å². The van der Waals surface area contributed by atoms with E-state index in [-0.39, 0.29) is 0 Å². The highest BCUT2D eigenvalue weighted by atomic mass is 35.5. The molecule has 1 aromatic carbocycles. The van der Waals surface area contributed by atoms with Gasteiger partial charge in [0.05, 0.1) is 11.2 Å². The molecule has 3 nitrogen and oxygen atoms in total. The summed E-state index contributed by atoms with van der Waals surface area (Å²) in [6, 6.07) is 7.95. The monoisotopic (exact) mass is 295 g/mol. The van der Waals surface area contributed by atoms with E-state index in [9.17, 15) is 0 Å². The van der Waals surface area contributed by atoms with Gasteiger partial charge in [0.1, 0.15) is 5.65 Å². The summed E-state index contributed by atoms with van der Waals surface area (Å²) < 4.78 is 1.87. The van der Waals surface area contributed by atoms with Crippen molar-refractivity contribution in [3.8, 4) is 0 Å². The van der Waals surface area contributed by atoms with Crippen molar-refractivity contribution in [1.29, 1.82) is 0 Å².